The van der Waals surface area contributed by atoms with Gasteiger partial charge in [-0.15, -0.1) is 6.42 Å². The zero-order valence-corrected chi connectivity index (χ0v) is 11.1. The Bertz CT molecular complexity index is 261. The molecule has 0 saturated heterocycles. The third-order valence-electron chi connectivity index (χ3n) is 3.62. The van der Waals surface area contributed by atoms with Crippen molar-refractivity contribution in [3.05, 3.63) is 0 Å². The lowest BCUT2D eigenvalue weighted by atomic mass is 9.86. The van der Waals surface area contributed by atoms with Crippen LogP contribution < -0.4 is 0 Å². The summed E-state index contributed by atoms with van der Waals surface area (Å²) in [6.45, 7) is 3.35. The van der Waals surface area contributed by atoms with Gasteiger partial charge in [0.05, 0.1) is 6.54 Å². The summed E-state index contributed by atoms with van der Waals surface area (Å²) in [5, 5.41) is 0. The number of carbonyl (C=O) groups excluding carboxylic acids is 1. The molecule has 0 heterocycles. The normalized spacial score (nSPS) is 16.5. The molecule has 0 atom stereocenters. The number of amides is 1. The molecule has 0 aliphatic heterocycles. The minimum Gasteiger partial charge on any atom is -0.332 e. The van der Waals surface area contributed by atoms with Crippen molar-refractivity contribution < 1.29 is 4.79 Å². The summed E-state index contributed by atoms with van der Waals surface area (Å²) >= 11 is 0. The molecule has 0 unspecified atom stereocenters. The minimum atomic E-state index is 0.246. The van der Waals surface area contributed by atoms with E-state index in [-0.39, 0.29) is 5.91 Å². The molecule has 0 spiro atoms. The Hall–Kier alpha value is -0.970. The highest BCUT2D eigenvalue weighted by molar-refractivity contribution is 5.76. The molecule has 0 aromatic carbocycles. The average Bonchev–Trinajstić information content (AvgIpc) is 2.37. The number of hydrogen-bond acceptors (Lipinski definition) is 1. The Kier molecular flexibility index (Phi) is 6.77. The summed E-state index contributed by atoms with van der Waals surface area (Å²) < 4.78 is 0. The molecular weight excluding hydrogens is 210 g/mol. The van der Waals surface area contributed by atoms with Crippen molar-refractivity contribution in [3.63, 3.8) is 0 Å². The van der Waals surface area contributed by atoms with Gasteiger partial charge in [-0.05, 0) is 18.8 Å². The van der Waals surface area contributed by atoms with Crippen LogP contribution >= 0.6 is 0 Å². The third-order valence-corrected chi connectivity index (χ3v) is 3.62. The lowest BCUT2D eigenvalue weighted by molar-refractivity contribution is -0.131. The maximum Gasteiger partial charge on any atom is 0.223 e. The Balaban J connectivity index is 2.28. The van der Waals surface area contributed by atoms with E-state index in [1.54, 1.807) is 0 Å². The molecule has 2 heteroatoms. The van der Waals surface area contributed by atoms with E-state index in [4.69, 9.17) is 6.42 Å². The predicted octanol–water partition coefficient (Wildman–Crippen LogP) is 3.22. The van der Waals surface area contributed by atoms with E-state index in [1.165, 1.54) is 32.1 Å². The van der Waals surface area contributed by atoms with Gasteiger partial charge in [0.1, 0.15) is 0 Å². The number of nitrogens with zero attached hydrogens (tertiary/aromatic N) is 1. The van der Waals surface area contributed by atoms with Crippen molar-refractivity contribution in [2.75, 3.05) is 13.1 Å². The highest BCUT2D eigenvalue weighted by Crippen LogP contribution is 2.27. The van der Waals surface area contributed by atoms with Crippen LogP contribution in [0.1, 0.15) is 58.3 Å². The Morgan fingerprint density at radius 2 is 2.06 bits per heavy atom. The van der Waals surface area contributed by atoms with Gasteiger partial charge in [-0.1, -0.05) is 44.9 Å². The molecule has 0 aromatic rings. The van der Waals surface area contributed by atoms with Crippen LogP contribution in [0.2, 0.25) is 0 Å². The Morgan fingerprint density at radius 1 is 1.35 bits per heavy atom. The summed E-state index contributed by atoms with van der Waals surface area (Å²) in [4.78, 5) is 13.8. The molecule has 1 rings (SSSR count). The van der Waals surface area contributed by atoms with E-state index >= 15 is 0 Å². The lowest BCUT2D eigenvalue weighted by Crippen LogP contribution is -2.32. The number of terminal acetylenes is 1. The van der Waals surface area contributed by atoms with Crippen molar-refractivity contribution in [2.24, 2.45) is 5.92 Å². The van der Waals surface area contributed by atoms with Crippen LogP contribution in [0.3, 0.4) is 0 Å². The maximum atomic E-state index is 12.0. The van der Waals surface area contributed by atoms with Crippen molar-refractivity contribution in [2.45, 2.75) is 58.3 Å². The molecular formula is C15H25NO. The minimum absolute atomic E-state index is 0.246. The zero-order chi connectivity index (χ0) is 12.5. The summed E-state index contributed by atoms with van der Waals surface area (Å²) in [5.74, 6) is 3.60. The average molecular weight is 235 g/mol. The van der Waals surface area contributed by atoms with E-state index in [0.29, 0.717) is 13.0 Å². The van der Waals surface area contributed by atoms with Gasteiger partial charge in [-0.25, -0.2) is 0 Å². The Morgan fingerprint density at radius 3 is 2.65 bits per heavy atom. The number of carbonyl (C=O) groups is 1. The van der Waals surface area contributed by atoms with Crippen LogP contribution in [0.5, 0.6) is 0 Å². The van der Waals surface area contributed by atoms with Crippen LogP contribution in [0.15, 0.2) is 0 Å². The van der Waals surface area contributed by atoms with Gasteiger partial charge in [-0.2, -0.15) is 0 Å². The predicted molar refractivity (Wildman–Crippen MR) is 71.5 cm³/mol. The largest absolute Gasteiger partial charge is 0.332 e. The topological polar surface area (TPSA) is 20.3 Å². The molecule has 1 saturated carbocycles. The van der Waals surface area contributed by atoms with Gasteiger partial charge in [0.25, 0.3) is 0 Å². The quantitative estimate of drug-likeness (QED) is 0.647. The molecule has 0 N–H and O–H groups in total. The van der Waals surface area contributed by atoms with Crippen molar-refractivity contribution in [1.82, 2.24) is 4.90 Å². The van der Waals surface area contributed by atoms with Crippen molar-refractivity contribution in [3.8, 4) is 12.3 Å². The fraction of sp³-hybridized carbons (Fsp3) is 0.800. The van der Waals surface area contributed by atoms with Gasteiger partial charge in [-0.3, -0.25) is 4.79 Å². The molecule has 1 amide bonds. The fourth-order valence-corrected chi connectivity index (χ4v) is 2.63. The van der Waals surface area contributed by atoms with E-state index < -0.39 is 0 Å². The molecule has 0 bridgehead atoms. The van der Waals surface area contributed by atoms with Gasteiger partial charge in [0.15, 0.2) is 0 Å². The van der Waals surface area contributed by atoms with E-state index in [1.807, 2.05) is 4.90 Å². The van der Waals surface area contributed by atoms with Gasteiger partial charge in [0.2, 0.25) is 5.91 Å². The molecule has 1 aliphatic rings. The molecule has 1 aliphatic carbocycles. The zero-order valence-electron chi connectivity index (χ0n) is 11.1. The standard InChI is InChI=1S/C15H25NO/c1-3-12-16(13-4-2)15(17)11-10-14-8-6-5-7-9-14/h1,14H,4-13H2,2H3. The van der Waals surface area contributed by atoms with Crippen LogP contribution in [-0.2, 0) is 4.79 Å². The molecule has 0 aromatic heterocycles. The van der Waals surface area contributed by atoms with Crippen LogP contribution in [0.25, 0.3) is 0 Å². The second kappa shape index (κ2) is 8.17. The van der Waals surface area contributed by atoms with E-state index in [2.05, 4.69) is 12.8 Å². The molecule has 17 heavy (non-hydrogen) atoms. The highest BCUT2D eigenvalue weighted by atomic mass is 16.2. The molecule has 96 valence electrons. The monoisotopic (exact) mass is 235 g/mol. The highest BCUT2D eigenvalue weighted by Gasteiger charge is 2.17. The van der Waals surface area contributed by atoms with E-state index in [0.717, 1.165) is 25.3 Å². The second-order valence-corrected chi connectivity index (χ2v) is 5.06. The van der Waals surface area contributed by atoms with Gasteiger partial charge < -0.3 is 4.90 Å². The van der Waals surface area contributed by atoms with Crippen LogP contribution in [-0.4, -0.2) is 23.9 Å². The first kappa shape index (κ1) is 14.1. The summed E-state index contributed by atoms with van der Waals surface area (Å²) in [7, 11) is 0. The Labute approximate surface area is 106 Å². The SMILES string of the molecule is C#CCN(CCC)C(=O)CCC1CCCCC1. The maximum absolute atomic E-state index is 12.0. The first-order chi connectivity index (χ1) is 8.27. The van der Waals surface area contributed by atoms with Gasteiger partial charge >= 0.3 is 0 Å². The molecule has 0 radical (unpaired) electrons. The van der Waals surface area contributed by atoms with E-state index in [9.17, 15) is 4.79 Å². The van der Waals surface area contributed by atoms with Crippen LogP contribution in [0, 0.1) is 18.3 Å². The summed E-state index contributed by atoms with van der Waals surface area (Å²) in [5.41, 5.74) is 0. The summed E-state index contributed by atoms with van der Waals surface area (Å²) in [6.07, 6.45) is 14.7. The van der Waals surface area contributed by atoms with Crippen molar-refractivity contribution in [1.29, 1.82) is 0 Å². The van der Waals surface area contributed by atoms with Crippen LogP contribution in [0.4, 0.5) is 0 Å². The first-order valence-electron chi connectivity index (χ1n) is 6.99. The second-order valence-electron chi connectivity index (χ2n) is 5.06. The number of hydrogen-bond donors (Lipinski definition) is 0. The third kappa shape index (κ3) is 5.26. The van der Waals surface area contributed by atoms with Crippen molar-refractivity contribution >= 4 is 5.91 Å². The lowest BCUT2D eigenvalue weighted by Gasteiger charge is -2.23. The fourth-order valence-electron chi connectivity index (χ4n) is 2.63. The van der Waals surface area contributed by atoms with Gasteiger partial charge in [0, 0.05) is 13.0 Å². The number of rotatable bonds is 6. The molecule has 2 nitrogen and oxygen atoms in total. The first-order valence-corrected chi connectivity index (χ1v) is 6.99. The molecule has 1 fully saturated rings. The smallest absolute Gasteiger partial charge is 0.223 e. The summed E-state index contributed by atoms with van der Waals surface area (Å²) in [6, 6.07) is 0.